The van der Waals surface area contributed by atoms with Gasteiger partial charge in [0, 0.05) is 38.4 Å². The number of rotatable bonds is 8. The number of benzene rings is 1. The van der Waals surface area contributed by atoms with E-state index in [-0.39, 0.29) is 29.6 Å². The third-order valence-corrected chi connectivity index (χ3v) is 7.84. The molecular formula is C24H31FN2O2S2. The molecule has 31 heavy (non-hydrogen) atoms. The van der Waals surface area contributed by atoms with Gasteiger partial charge in [-0.2, -0.15) is 11.8 Å². The summed E-state index contributed by atoms with van der Waals surface area (Å²) in [6, 6.07) is 8.72. The third kappa shape index (κ3) is 5.89. The zero-order valence-electron chi connectivity index (χ0n) is 18.5. The highest BCUT2D eigenvalue weighted by atomic mass is 32.2. The number of halogens is 1. The predicted octanol–water partition coefficient (Wildman–Crippen LogP) is 4.87. The summed E-state index contributed by atoms with van der Waals surface area (Å²) in [5.41, 5.74) is 1.67. The number of likely N-dealkylation sites (tertiary alicyclic amines) is 1. The average Bonchev–Trinajstić information content (AvgIpc) is 3.22. The molecule has 3 rings (SSSR count). The van der Waals surface area contributed by atoms with Gasteiger partial charge in [-0.1, -0.05) is 18.2 Å². The number of thiophene rings is 1. The van der Waals surface area contributed by atoms with Crippen LogP contribution < -0.4 is 0 Å². The molecule has 1 aromatic carbocycles. The van der Waals surface area contributed by atoms with Crippen LogP contribution in [-0.4, -0.2) is 59.8 Å². The summed E-state index contributed by atoms with van der Waals surface area (Å²) in [7, 11) is 1.85. The van der Waals surface area contributed by atoms with Gasteiger partial charge >= 0.3 is 0 Å². The maximum Gasteiger partial charge on any atom is 0.264 e. The minimum Gasteiger partial charge on any atom is -0.342 e. The van der Waals surface area contributed by atoms with Crippen LogP contribution in [0.2, 0.25) is 0 Å². The van der Waals surface area contributed by atoms with E-state index in [0.717, 1.165) is 29.0 Å². The van der Waals surface area contributed by atoms with Crippen molar-refractivity contribution in [3.05, 3.63) is 57.5 Å². The van der Waals surface area contributed by atoms with E-state index < -0.39 is 0 Å². The predicted molar refractivity (Wildman–Crippen MR) is 127 cm³/mol. The lowest BCUT2D eigenvalue weighted by Gasteiger charge is -2.40. The van der Waals surface area contributed by atoms with E-state index in [1.807, 2.05) is 47.5 Å². The van der Waals surface area contributed by atoms with Crippen molar-refractivity contribution in [3.8, 4) is 0 Å². The van der Waals surface area contributed by atoms with Gasteiger partial charge in [-0.05, 0) is 67.0 Å². The maximum absolute atomic E-state index is 14.4. The van der Waals surface area contributed by atoms with Crippen LogP contribution in [0.1, 0.15) is 40.1 Å². The van der Waals surface area contributed by atoms with Gasteiger partial charge in [0.25, 0.3) is 5.91 Å². The number of nitrogens with zero attached hydrogens (tertiary/aromatic N) is 2. The lowest BCUT2D eigenvalue weighted by molar-refractivity contribution is -0.133. The Kier molecular flexibility index (Phi) is 8.55. The van der Waals surface area contributed by atoms with Crippen molar-refractivity contribution < 1.29 is 14.0 Å². The minimum atomic E-state index is -0.224. The first kappa shape index (κ1) is 23.8. The van der Waals surface area contributed by atoms with Crippen LogP contribution in [0.15, 0.2) is 35.7 Å². The van der Waals surface area contributed by atoms with Crippen molar-refractivity contribution in [2.75, 3.05) is 32.1 Å². The Bertz CT molecular complexity index is 893. The van der Waals surface area contributed by atoms with E-state index in [2.05, 4.69) is 0 Å². The standard InChI is InChI=1S/C24H31FN2O2S2/c1-17-10-15-31-23(17)24(29)27-12-8-18(9-13-27)21(26(2)22(28)11-14-30-3)16-19-6-4-5-7-20(19)25/h4-7,10,15,18,21H,8-9,11-14,16H2,1-3H3/t21-/m0/s1. The second-order valence-corrected chi connectivity index (χ2v) is 10.1. The highest BCUT2D eigenvalue weighted by molar-refractivity contribution is 7.98. The minimum absolute atomic E-state index is 0.0769. The molecule has 0 spiro atoms. The molecule has 0 bridgehead atoms. The number of aryl methyl sites for hydroxylation is 1. The quantitative estimate of drug-likeness (QED) is 0.562. The first-order chi connectivity index (χ1) is 14.9. The monoisotopic (exact) mass is 462 g/mol. The molecule has 0 aliphatic carbocycles. The van der Waals surface area contributed by atoms with E-state index >= 15 is 0 Å². The largest absolute Gasteiger partial charge is 0.342 e. The normalized spacial score (nSPS) is 15.7. The average molecular weight is 463 g/mol. The maximum atomic E-state index is 14.4. The molecule has 1 aromatic heterocycles. The van der Waals surface area contributed by atoms with Gasteiger partial charge in [-0.3, -0.25) is 9.59 Å². The lowest BCUT2D eigenvalue weighted by Crippen LogP contribution is -2.48. The summed E-state index contributed by atoms with van der Waals surface area (Å²) in [4.78, 5) is 30.2. The van der Waals surface area contributed by atoms with Crippen molar-refractivity contribution in [1.82, 2.24) is 9.80 Å². The smallest absolute Gasteiger partial charge is 0.264 e. The van der Waals surface area contributed by atoms with E-state index in [1.54, 1.807) is 23.9 Å². The molecular weight excluding hydrogens is 431 g/mol. The molecule has 2 heterocycles. The third-order valence-electron chi connectivity index (χ3n) is 6.23. The van der Waals surface area contributed by atoms with Crippen molar-refractivity contribution in [1.29, 1.82) is 0 Å². The Morgan fingerprint density at radius 1 is 1.26 bits per heavy atom. The van der Waals surface area contributed by atoms with Gasteiger partial charge in [0.1, 0.15) is 5.82 Å². The number of hydrogen-bond donors (Lipinski definition) is 0. The number of likely N-dealkylation sites (N-methyl/N-ethyl adjacent to an activating group) is 1. The first-order valence-electron chi connectivity index (χ1n) is 10.7. The Labute approximate surface area is 192 Å². The summed E-state index contributed by atoms with van der Waals surface area (Å²) in [5.74, 6) is 0.988. The van der Waals surface area contributed by atoms with E-state index in [9.17, 15) is 14.0 Å². The van der Waals surface area contributed by atoms with Crippen LogP contribution in [-0.2, 0) is 11.2 Å². The van der Waals surface area contributed by atoms with Crippen LogP contribution in [0.3, 0.4) is 0 Å². The molecule has 1 fully saturated rings. The summed E-state index contributed by atoms with van der Waals surface area (Å²) < 4.78 is 14.4. The van der Waals surface area contributed by atoms with Crippen LogP contribution in [0, 0.1) is 18.7 Å². The Morgan fingerprint density at radius 2 is 1.97 bits per heavy atom. The summed E-state index contributed by atoms with van der Waals surface area (Å²) in [5, 5.41) is 1.95. The second-order valence-electron chi connectivity index (χ2n) is 8.17. The fourth-order valence-corrected chi connectivity index (χ4v) is 5.55. The number of carbonyl (C=O) groups excluding carboxylic acids is 2. The summed E-state index contributed by atoms with van der Waals surface area (Å²) in [6.07, 6.45) is 4.61. The molecule has 2 amide bonds. The van der Waals surface area contributed by atoms with Crippen LogP contribution >= 0.6 is 23.1 Å². The molecule has 0 saturated carbocycles. The molecule has 1 aliphatic heterocycles. The van der Waals surface area contributed by atoms with Crippen molar-refractivity contribution in [2.45, 2.75) is 38.6 Å². The van der Waals surface area contributed by atoms with Crippen molar-refractivity contribution in [3.63, 3.8) is 0 Å². The second kappa shape index (κ2) is 11.1. The van der Waals surface area contributed by atoms with Gasteiger partial charge in [-0.25, -0.2) is 4.39 Å². The highest BCUT2D eigenvalue weighted by Gasteiger charge is 2.33. The molecule has 2 aromatic rings. The fraction of sp³-hybridized carbons (Fsp3) is 0.500. The van der Waals surface area contributed by atoms with Crippen LogP contribution in [0.25, 0.3) is 0 Å². The highest BCUT2D eigenvalue weighted by Crippen LogP contribution is 2.29. The molecule has 4 nitrogen and oxygen atoms in total. The number of piperidine rings is 1. The molecule has 0 N–H and O–H groups in total. The molecule has 1 aliphatic rings. The Hall–Kier alpha value is -1.86. The van der Waals surface area contributed by atoms with Gasteiger partial charge in [0.15, 0.2) is 0 Å². The number of carbonyl (C=O) groups is 2. The number of amides is 2. The Balaban J connectivity index is 1.72. The molecule has 1 atom stereocenters. The van der Waals surface area contributed by atoms with E-state index in [0.29, 0.717) is 31.5 Å². The summed E-state index contributed by atoms with van der Waals surface area (Å²) in [6.45, 7) is 3.30. The fourth-order valence-electron chi connectivity index (χ4n) is 4.28. The zero-order valence-corrected chi connectivity index (χ0v) is 20.1. The van der Waals surface area contributed by atoms with Gasteiger partial charge < -0.3 is 9.80 Å². The number of hydrogen-bond acceptors (Lipinski definition) is 4. The van der Waals surface area contributed by atoms with Gasteiger partial charge in [0.05, 0.1) is 4.88 Å². The zero-order chi connectivity index (χ0) is 22.4. The summed E-state index contributed by atoms with van der Waals surface area (Å²) >= 11 is 3.14. The topological polar surface area (TPSA) is 40.6 Å². The van der Waals surface area contributed by atoms with E-state index in [4.69, 9.17) is 0 Å². The van der Waals surface area contributed by atoms with Gasteiger partial charge in [0.2, 0.25) is 5.91 Å². The lowest BCUT2D eigenvalue weighted by atomic mass is 9.84. The van der Waals surface area contributed by atoms with Crippen LogP contribution in [0.5, 0.6) is 0 Å². The SMILES string of the molecule is CSCCC(=O)N(C)[C@@H](Cc1ccccc1F)C1CCN(C(=O)c2sccc2C)CC1. The molecule has 0 unspecified atom stereocenters. The molecule has 7 heteroatoms. The molecule has 168 valence electrons. The van der Waals surface area contributed by atoms with Crippen LogP contribution in [0.4, 0.5) is 4.39 Å². The van der Waals surface area contributed by atoms with E-state index in [1.165, 1.54) is 17.4 Å². The van der Waals surface area contributed by atoms with Gasteiger partial charge in [-0.15, -0.1) is 11.3 Å². The molecule has 0 radical (unpaired) electrons. The first-order valence-corrected chi connectivity index (χ1v) is 13.0. The molecule has 1 saturated heterocycles. The van der Waals surface area contributed by atoms with Crippen molar-refractivity contribution >= 4 is 34.9 Å². The Morgan fingerprint density at radius 3 is 2.58 bits per heavy atom. The number of thioether (sulfide) groups is 1. The van der Waals surface area contributed by atoms with Crippen molar-refractivity contribution in [2.24, 2.45) is 5.92 Å².